The third kappa shape index (κ3) is 3.41. The van der Waals surface area contributed by atoms with E-state index in [-0.39, 0.29) is 5.95 Å². The van der Waals surface area contributed by atoms with Crippen molar-refractivity contribution >= 4 is 27.5 Å². The highest BCUT2D eigenvalue weighted by atomic mass is 79.9. The van der Waals surface area contributed by atoms with Gasteiger partial charge in [-0.15, -0.1) is 0 Å². The molecule has 1 aromatic heterocycles. The Morgan fingerprint density at radius 3 is 2.53 bits per heavy atom. The molecule has 3 nitrogen and oxygen atoms in total. The van der Waals surface area contributed by atoms with Crippen molar-refractivity contribution in [3.63, 3.8) is 0 Å². The molecular formula is C10H5BrClF2NO2. The van der Waals surface area contributed by atoms with Crippen LogP contribution >= 0.6 is 27.5 Å². The molecule has 0 N–H and O–H groups in total. The van der Waals surface area contributed by atoms with Crippen molar-refractivity contribution in [2.45, 2.75) is 5.02 Å². The topological polar surface area (TPSA) is 35.3 Å². The summed E-state index contributed by atoms with van der Waals surface area (Å²) in [5.41, 5.74) is 1.07. The van der Waals surface area contributed by atoms with E-state index in [0.29, 0.717) is 16.3 Å². The van der Waals surface area contributed by atoms with E-state index in [1.54, 1.807) is 24.3 Å². The van der Waals surface area contributed by atoms with E-state index in [1.165, 1.54) is 6.07 Å². The second-order valence-electron chi connectivity index (χ2n) is 3.09. The lowest BCUT2D eigenvalue weighted by Gasteiger charge is -2.05. The summed E-state index contributed by atoms with van der Waals surface area (Å²) < 4.78 is 33.7. The van der Waals surface area contributed by atoms with Gasteiger partial charge >= 0.3 is 11.0 Å². The Bertz CT molecular complexity index is 510. The molecule has 0 fully saturated rings. The monoisotopic (exact) mass is 323 g/mol. The van der Waals surface area contributed by atoms with Crippen molar-refractivity contribution in [1.29, 1.82) is 0 Å². The maximum Gasteiger partial charge on any atom is 0.461 e. The van der Waals surface area contributed by atoms with E-state index in [2.05, 4.69) is 14.4 Å². The summed E-state index contributed by atoms with van der Waals surface area (Å²) >= 11 is 7.75. The Morgan fingerprint density at radius 2 is 1.94 bits per heavy atom. The largest absolute Gasteiger partial charge is 0.461 e. The van der Waals surface area contributed by atoms with Gasteiger partial charge in [-0.3, -0.25) is 0 Å². The van der Waals surface area contributed by atoms with Gasteiger partial charge in [0.05, 0.1) is 6.07 Å². The molecule has 0 spiro atoms. The maximum absolute atomic E-state index is 12.5. The third-order valence-electron chi connectivity index (χ3n) is 1.84. The fraction of sp³-hybridized carbons (Fsp3) is 0.100. The smallest absolute Gasteiger partial charge is 0.390 e. The molecule has 0 amide bonds. The Balaban J connectivity index is 2.21. The Morgan fingerprint density at radius 1 is 1.29 bits per heavy atom. The third-order valence-corrected chi connectivity index (χ3v) is 2.26. The number of halogens is 4. The number of alkyl halides is 3. The molecule has 2 aromatic rings. The van der Waals surface area contributed by atoms with Gasteiger partial charge in [-0.25, -0.2) is 0 Å². The van der Waals surface area contributed by atoms with E-state index in [0.717, 1.165) is 0 Å². The second-order valence-corrected chi connectivity index (χ2v) is 4.45. The first-order chi connectivity index (χ1) is 7.94. The van der Waals surface area contributed by atoms with Gasteiger partial charge in [0.15, 0.2) is 0 Å². The first-order valence-electron chi connectivity index (χ1n) is 4.42. The van der Waals surface area contributed by atoms with Gasteiger partial charge in [-0.05, 0) is 12.1 Å². The van der Waals surface area contributed by atoms with Gasteiger partial charge in [0.25, 0.3) is 0 Å². The van der Waals surface area contributed by atoms with Crippen LogP contribution in [0.25, 0.3) is 11.3 Å². The Hall–Kier alpha value is -1.14. The average Bonchev–Trinajstić information content (AvgIpc) is 2.64. The first-order valence-corrected chi connectivity index (χ1v) is 5.59. The maximum atomic E-state index is 12.5. The van der Waals surface area contributed by atoms with E-state index < -0.39 is 5.02 Å². The number of benzene rings is 1. The van der Waals surface area contributed by atoms with Gasteiger partial charge in [-0.2, -0.15) is 8.78 Å². The van der Waals surface area contributed by atoms with Crippen LogP contribution in [-0.2, 0) is 0 Å². The zero-order chi connectivity index (χ0) is 12.5. The first kappa shape index (κ1) is 12.3. The van der Waals surface area contributed by atoms with E-state index in [9.17, 15) is 8.78 Å². The lowest BCUT2D eigenvalue weighted by atomic mass is 10.2. The quantitative estimate of drug-likeness (QED) is 0.789. The molecule has 2 rings (SSSR count). The SMILES string of the molecule is FC(F)(Br)Oc1cc(-c2ccc(Cl)cc2)no1. The number of ether oxygens (including phenoxy) is 1. The fourth-order valence-corrected chi connectivity index (χ4v) is 1.46. The van der Waals surface area contributed by atoms with E-state index in [4.69, 9.17) is 11.6 Å². The summed E-state index contributed by atoms with van der Waals surface area (Å²) in [6, 6.07) is 7.96. The predicted octanol–water partition coefficient (Wildman–Crippen LogP) is 4.32. The predicted molar refractivity (Wildman–Crippen MR) is 61.5 cm³/mol. The van der Waals surface area contributed by atoms with Crippen LogP contribution in [0.15, 0.2) is 34.9 Å². The summed E-state index contributed by atoms with van der Waals surface area (Å²) in [6.45, 7) is 0. The molecule has 0 unspecified atom stereocenters. The van der Waals surface area contributed by atoms with Gasteiger partial charge in [0, 0.05) is 26.5 Å². The summed E-state index contributed by atoms with van der Waals surface area (Å²) in [5, 5.41) is 0.691. The zero-order valence-electron chi connectivity index (χ0n) is 8.16. The Labute approximate surface area is 108 Å². The van der Waals surface area contributed by atoms with E-state index in [1.807, 2.05) is 15.9 Å². The summed E-state index contributed by atoms with van der Waals surface area (Å²) in [5.74, 6) is -0.378. The Kier molecular flexibility index (Phi) is 3.35. The molecule has 1 heterocycles. The lowest BCUT2D eigenvalue weighted by Crippen LogP contribution is -2.14. The molecule has 7 heteroatoms. The molecule has 1 aromatic carbocycles. The van der Waals surface area contributed by atoms with Gasteiger partial charge < -0.3 is 9.26 Å². The van der Waals surface area contributed by atoms with E-state index >= 15 is 0 Å². The summed E-state index contributed by atoms with van der Waals surface area (Å²) in [6.07, 6.45) is 0. The minimum Gasteiger partial charge on any atom is -0.390 e. The normalized spacial score (nSPS) is 11.5. The number of rotatable bonds is 3. The van der Waals surface area contributed by atoms with Crippen molar-refractivity contribution in [2.75, 3.05) is 0 Å². The highest BCUT2D eigenvalue weighted by molar-refractivity contribution is 9.09. The highest BCUT2D eigenvalue weighted by Crippen LogP contribution is 2.30. The van der Waals surface area contributed by atoms with Crippen molar-refractivity contribution in [2.24, 2.45) is 0 Å². The van der Waals surface area contributed by atoms with Crippen LogP contribution in [0.4, 0.5) is 8.78 Å². The molecule has 0 saturated heterocycles. The number of aromatic nitrogens is 1. The van der Waals surface area contributed by atoms with Crippen LogP contribution in [0.2, 0.25) is 5.02 Å². The highest BCUT2D eigenvalue weighted by Gasteiger charge is 2.28. The molecule has 0 saturated carbocycles. The molecule has 17 heavy (non-hydrogen) atoms. The molecule has 0 atom stereocenters. The standard InChI is InChI=1S/C10H5BrClF2NO2/c11-10(13,14)16-9-5-8(15-17-9)6-1-3-7(12)4-2-6/h1-5H. The van der Waals surface area contributed by atoms with Crippen LogP contribution < -0.4 is 4.74 Å². The van der Waals surface area contributed by atoms with Gasteiger partial charge in [0.2, 0.25) is 0 Å². The number of nitrogens with zero attached hydrogens (tertiary/aromatic N) is 1. The van der Waals surface area contributed by atoms with Crippen LogP contribution in [0, 0.1) is 0 Å². The van der Waals surface area contributed by atoms with Gasteiger partial charge in [0.1, 0.15) is 5.69 Å². The van der Waals surface area contributed by atoms with Crippen molar-refractivity contribution < 1.29 is 18.0 Å². The molecular weight excluding hydrogens is 319 g/mol. The second kappa shape index (κ2) is 4.62. The zero-order valence-corrected chi connectivity index (χ0v) is 10.5. The van der Waals surface area contributed by atoms with Crippen LogP contribution in [-0.4, -0.2) is 10.2 Å². The minimum atomic E-state index is -3.48. The molecule has 0 aliphatic carbocycles. The molecule has 0 aliphatic rings. The number of hydrogen-bond acceptors (Lipinski definition) is 3. The van der Waals surface area contributed by atoms with Crippen LogP contribution in [0.1, 0.15) is 0 Å². The molecule has 90 valence electrons. The van der Waals surface area contributed by atoms with Crippen LogP contribution in [0.5, 0.6) is 5.95 Å². The molecule has 0 bridgehead atoms. The number of hydrogen-bond donors (Lipinski definition) is 0. The minimum absolute atomic E-state index is 0.378. The summed E-state index contributed by atoms with van der Waals surface area (Å²) in [7, 11) is 0. The average molecular weight is 325 g/mol. The van der Waals surface area contributed by atoms with Crippen molar-refractivity contribution in [3.8, 4) is 17.2 Å². The van der Waals surface area contributed by atoms with Crippen LogP contribution in [0.3, 0.4) is 0 Å². The molecule has 0 aliphatic heterocycles. The summed E-state index contributed by atoms with van der Waals surface area (Å²) in [4.78, 5) is 0. The van der Waals surface area contributed by atoms with Gasteiger partial charge in [-0.1, -0.05) is 28.9 Å². The van der Waals surface area contributed by atoms with Crippen molar-refractivity contribution in [1.82, 2.24) is 5.16 Å². The fourth-order valence-electron chi connectivity index (χ4n) is 1.18. The molecule has 0 radical (unpaired) electrons. The lowest BCUT2D eigenvalue weighted by molar-refractivity contribution is -0.0953. The van der Waals surface area contributed by atoms with Crippen molar-refractivity contribution in [3.05, 3.63) is 35.4 Å².